The van der Waals surface area contributed by atoms with Crippen LogP contribution in [0.15, 0.2) is 71.5 Å². The second kappa shape index (κ2) is 8.67. The number of rotatable bonds is 5. The summed E-state index contributed by atoms with van der Waals surface area (Å²) in [7, 11) is 0. The molecule has 4 nitrogen and oxygen atoms in total. The van der Waals surface area contributed by atoms with E-state index in [4.69, 9.17) is 28.2 Å². The van der Waals surface area contributed by atoms with Crippen LogP contribution in [0.2, 0.25) is 10.0 Å². The van der Waals surface area contributed by atoms with Gasteiger partial charge in [0.25, 0.3) is 0 Å². The zero-order valence-electron chi connectivity index (χ0n) is 15.2. The van der Waals surface area contributed by atoms with Crippen LogP contribution < -0.4 is 0 Å². The minimum absolute atomic E-state index is 0.136. The van der Waals surface area contributed by atoms with E-state index in [1.165, 1.54) is 0 Å². The number of benzene rings is 2. The number of halogens is 3. The van der Waals surface area contributed by atoms with Gasteiger partial charge in [-0.3, -0.25) is 4.68 Å². The second-order valence-corrected chi connectivity index (χ2v) is 8.24. The predicted molar refractivity (Wildman–Crippen MR) is 120 cm³/mol. The van der Waals surface area contributed by atoms with E-state index in [0.29, 0.717) is 16.6 Å². The monoisotopic (exact) mass is 487 g/mol. The standard InChI is InChI=1S/C22H16BrCl2N3O/c23-16-4-2-14(3-5-16)22-19(18-7-6-17(24)11-20(18)25)10-15(13-29)21(27-22)12-28-9-1-8-26-28/h1-11,29H,12-13H2. The molecule has 0 saturated heterocycles. The van der Waals surface area contributed by atoms with Crippen molar-refractivity contribution in [2.24, 2.45) is 0 Å². The van der Waals surface area contributed by atoms with E-state index < -0.39 is 0 Å². The van der Waals surface area contributed by atoms with Crippen LogP contribution in [-0.4, -0.2) is 19.9 Å². The summed E-state index contributed by atoms with van der Waals surface area (Å²) in [5.41, 5.74) is 4.84. The lowest BCUT2D eigenvalue weighted by atomic mass is 9.96. The summed E-state index contributed by atoms with van der Waals surface area (Å²) in [5, 5.41) is 15.4. The molecule has 0 atom stereocenters. The van der Waals surface area contributed by atoms with Crippen molar-refractivity contribution in [3.05, 3.63) is 92.8 Å². The molecule has 0 bridgehead atoms. The minimum Gasteiger partial charge on any atom is -0.392 e. The number of nitrogens with zero attached hydrogens (tertiary/aromatic N) is 3. The molecule has 2 aromatic carbocycles. The first-order chi connectivity index (χ1) is 14.0. The van der Waals surface area contributed by atoms with Gasteiger partial charge >= 0.3 is 0 Å². The molecule has 7 heteroatoms. The average molecular weight is 489 g/mol. The number of pyridine rings is 1. The highest BCUT2D eigenvalue weighted by atomic mass is 79.9. The lowest BCUT2D eigenvalue weighted by Gasteiger charge is -2.16. The maximum absolute atomic E-state index is 10.00. The van der Waals surface area contributed by atoms with Gasteiger partial charge in [-0.05, 0) is 36.4 Å². The fraction of sp³-hybridized carbons (Fsp3) is 0.0909. The summed E-state index contributed by atoms with van der Waals surface area (Å²) in [4.78, 5) is 4.93. The topological polar surface area (TPSA) is 50.9 Å². The molecule has 146 valence electrons. The molecule has 4 rings (SSSR count). The number of hydrogen-bond acceptors (Lipinski definition) is 3. The van der Waals surface area contributed by atoms with Gasteiger partial charge in [0.1, 0.15) is 0 Å². The molecule has 4 aromatic rings. The SMILES string of the molecule is OCc1cc(-c2ccc(Cl)cc2Cl)c(-c2ccc(Br)cc2)nc1Cn1cccn1. The summed E-state index contributed by atoms with van der Waals surface area (Å²) >= 11 is 16.1. The maximum atomic E-state index is 10.00. The lowest BCUT2D eigenvalue weighted by molar-refractivity contribution is 0.279. The molecule has 1 N–H and O–H groups in total. The third kappa shape index (κ3) is 4.38. The zero-order chi connectivity index (χ0) is 20.4. The number of aromatic nitrogens is 3. The Bertz CT molecular complexity index is 1150. The maximum Gasteiger partial charge on any atom is 0.0835 e. The van der Waals surface area contributed by atoms with E-state index in [9.17, 15) is 5.11 Å². The minimum atomic E-state index is -0.136. The smallest absolute Gasteiger partial charge is 0.0835 e. The summed E-state index contributed by atoms with van der Waals surface area (Å²) in [6.45, 7) is 0.323. The Morgan fingerprint density at radius 3 is 2.45 bits per heavy atom. The normalized spacial score (nSPS) is 11.0. The fourth-order valence-electron chi connectivity index (χ4n) is 3.16. The second-order valence-electron chi connectivity index (χ2n) is 6.48. The highest BCUT2D eigenvalue weighted by molar-refractivity contribution is 9.10. The predicted octanol–water partition coefficient (Wildman–Crippen LogP) is 6.22. The van der Waals surface area contributed by atoms with Crippen molar-refractivity contribution < 1.29 is 5.11 Å². The van der Waals surface area contributed by atoms with Crippen LogP contribution in [0.4, 0.5) is 0 Å². The highest BCUT2D eigenvalue weighted by Gasteiger charge is 2.17. The first kappa shape index (κ1) is 20.1. The zero-order valence-corrected chi connectivity index (χ0v) is 18.3. The van der Waals surface area contributed by atoms with Crippen molar-refractivity contribution in [1.82, 2.24) is 14.8 Å². The first-order valence-corrected chi connectivity index (χ1v) is 10.4. The highest BCUT2D eigenvalue weighted by Crippen LogP contribution is 2.37. The van der Waals surface area contributed by atoms with Gasteiger partial charge in [-0.15, -0.1) is 0 Å². The molecular formula is C22H16BrCl2N3O. The van der Waals surface area contributed by atoms with Crippen molar-refractivity contribution in [2.45, 2.75) is 13.2 Å². The van der Waals surface area contributed by atoms with Gasteiger partial charge in [-0.25, -0.2) is 4.98 Å². The Morgan fingerprint density at radius 2 is 1.79 bits per heavy atom. The Morgan fingerprint density at radius 1 is 1.00 bits per heavy atom. The Labute approximate surface area is 186 Å². The van der Waals surface area contributed by atoms with Gasteiger partial charge in [0.2, 0.25) is 0 Å². The third-order valence-electron chi connectivity index (χ3n) is 4.57. The number of hydrogen-bond donors (Lipinski definition) is 1. The summed E-state index contributed by atoms with van der Waals surface area (Å²) < 4.78 is 2.76. The molecule has 0 spiro atoms. The van der Waals surface area contributed by atoms with Crippen molar-refractivity contribution in [2.75, 3.05) is 0 Å². The fourth-order valence-corrected chi connectivity index (χ4v) is 3.93. The van der Waals surface area contributed by atoms with E-state index in [1.807, 2.05) is 48.7 Å². The number of aliphatic hydroxyl groups is 1. The molecule has 0 aliphatic rings. The molecule has 0 amide bonds. The molecule has 0 saturated carbocycles. The largest absolute Gasteiger partial charge is 0.392 e. The van der Waals surface area contributed by atoms with E-state index in [-0.39, 0.29) is 6.61 Å². The molecular weight excluding hydrogens is 473 g/mol. The first-order valence-electron chi connectivity index (χ1n) is 8.87. The molecule has 0 radical (unpaired) electrons. The van der Waals surface area contributed by atoms with E-state index in [1.54, 1.807) is 23.0 Å². The third-order valence-corrected chi connectivity index (χ3v) is 5.65. The van der Waals surface area contributed by atoms with E-state index in [2.05, 4.69) is 21.0 Å². The van der Waals surface area contributed by atoms with Crippen LogP contribution in [0.25, 0.3) is 22.4 Å². The molecule has 2 aromatic heterocycles. The number of aliphatic hydroxyl groups excluding tert-OH is 1. The van der Waals surface area contributed by atoms with Gasteiger partial charge in [0, 0.05) is 49.2 Å². The molecule has 29 heavy (non-hydrogen) atoms. The van der Waals surface area contributed by atoms with Gasteiger partial charge in [0.15, 0.2) is 0 Å². The summed E-state index contributed by atoms with van der Waals surface area (Å²) in [6.07, 6.45) is 3.59. The Kier molecular flexibility index (Phi) is 6.01. The molecule has 0 aliphatic carbocycles. The van der Waals surface area contributed by atoms with Crippen molar-refractivity contribution >= 4 is 39.1 Å². The summed E-state index contributed by atoms with van der Waals surface area (Å²) in [6, 6.07) is 17.1. The Hall–Kier alpha value is -2.18. The van der Waals surface area contributed by atoms with Gasteiger partial charge < -0.3 is 5.11 Å². The van der Waals surface area contributed by atoms with Crippen LogP contribution in [0, 0.1) is 0 Å². The molecule has 0 aliphatic heterocycles. The average Bonchev–Trinajstić information content (AvgIpc) is 3.22. The van der Waals surface area contributed by atoms with Gasteiger partial charge in [-0.2, -0.15) is 5.10 Å². The van der Waals surface area contributed by atoms with Crippen LogP contribution >= 0.6 is 39.1 Å². The van der Waals surface area contributed by atoms with Crippen LogP contribution in [0.5, 0.6) is 0 Å². The van der Waals surface area contributed by atoms with E-state index >= 15 is 0 Å². The lowest BCUT2D eigenvalue weighted by Crippen LogP contribution is -2.08. The quantitative estimate of drug-likeness (QED) is 0.362. The van der Waals surface area contributed by atoms with E-state index in [0.717, 1.165) is 38.1 Å². The molecule has 0 unspecified atom stereocenters. The van der Waals surface area contributed by atoms with Crippen LogP contribution in [0.1, 0.15) is 11.3 Å². The molecule has 2 heterocycles. The van der Waals surface area contributed by atoms with Crippen molar-refractivity contribution in [1.29, 1.82) is 0 Å². The van der Waals surface area contributed by atoms with Crippen molar-refractivity contribution in [3.8, 4) is 22.4 Å². The van der Waals surface area contributed by atoms with Crippen LogP contribution in [0.3, 0.4) is 0 Å². The van der Waals surface area contributed by atoms with Gasteiger partial charge in [-0.1, -0.05) is 57.3 Å². The van der Waals surface area contributed by atoms with Crippen LogP contribution in [-0.2, 0) is 13.2 Å². The van der Waals surface area contributed by atoms with Gasteiger partial charge in [0.05, 0.1) is 24.5 Å². The summed E-state index contributed by atoms with van der Waals surface area (Å²) in [5.74, 6) is 0. The Balaban J connectivity index is 1.93. The molecule has 0 fully saturated rings. The van der Waals surface area contributed by atoms with Crippen molar-refractivity contribution in [3.63, 3.8) is 0 Å².